The fraction of sp³-hybridized carbons (Fsp3) is 0.211. The van der Waals surface area contributed by atoms with Gasteiger partial charge in [0.05, 0.1) is 18.3 Å². The Morgan fingerprint density at radius 3 is 3.00 bits per heavy atom. The summed E-state index contributed by atoms with van der Waals surface area (Å²) in [5, 5.41) is 10.4. The molecule has 6 nitrogen and oxygen atoms in total. The molecule has 3 aromatic rings. The van der Waals surface area contributed by atoms with E-state index >= 15 is 0 Å². The van der Waals surface area contributed by atoms with Crippen molar-refractivity contribution in [2.75, 3.05) is 18.0 Å². The van der Waals surface area contributed by atoms with Crippen LogP contribution in [0.3, 0.4) is 0 Å². The maximum absolute atomic E-state index is 12.6. The van der Waals surface area contributed by atoms with Gasteiger partial charge in [0, 0.05) is 23.2 Å². The number of hydrogen-bond acceptors (Lipinski definition) is 3. The summed E-state index contributed by atoms with van der Waals surface area (Å²) < 4.78 is 0. The van der Waals surface area contributed by atoms with Gasteiger partial charge in [-0.3, -0.25) is 14.7 Å². The van der Waals surface area contributed by atoms with Crippen LogP contribution in [-0.2, 0) is 11.2 Å². The monoisotopic (exact) mass is 334 g/mol. The lowest BCUT2D eigenvalue weighted by Gasteiger charge is -2.29. The molecule has 126 valence electrons. The molecule has 0 radical (unpaired) electrons. The number of nitrogens with one attached hydrogen (secondary N) is 2. The van der Waals surface area contributed by atoms with Crippen LogP contribution < -0.4 is 10.2 Å². The van der Waals surface area contributed by atoms with Gasteiger partial charge < -0.3 is 10.2 Å². The molecule has 0 unspecified atom stereocenters. The number of nitrogens with zero attached hydrogens (tertiary/aromatic N) is 2. The maximum Gasteiger partial charge on any atom is 0.251 e. The molecule has 0 fully saturated rings. The SMILES string of the molecule is O=C(NCC(=O)N1CCCc2ccccc21)c1ccc2[nH]ncc2c1. The Hall–Kier alpha value is -3.15. The van der Waals surface area contributed by atoms with Gasteiger partial charge >= 0.3 is 0 Å². The summed E-state index contributed by atoms with van der Waals surface area (Å²) in [6.07, 6.45) is 3.59. The molecule has 0 aliphatic carbocycles. The predicted octanol–water partition coefficient (Wildman–Crippen LogP) is 2.27. The molecule has 0 bridgehead atoms. The molecule has 1 aliphatic rings. The van der Waals surface area contributed by atoms with Gasteiger partial charge in [0.15, 0.2) is 0 Å². The number of benzene rings is 2. The van der Waals surface area contributed by atoms with Crippen LogP contribution in [0.4, 0.5) is 5.69 Å². The quantitative estimate of drug-likeness (QED) is 0.771. The third-order valence-corrected chi connectivity index (χ3v) is 4.51. The standard InChI is InChI=1S/C19H18N4O2/c24-18(23-9-3-5-13-4-1-2-6-17(13)23)12-20-19(25)14-7-8-16-15(10-14)11-21-22-16/h1-2,4,6-8,10-11H,3,5,9,12H2,(H,20,25)(H,21,22). The number of amides is 2. The molecule has 0 saturated carbocycles. The molecule has 0 atom stereocenters. The van der Waals surface area contributed by atoms with Crippen molar-refractivity contribution in [1.29, 1.82) is 0 Å². The molecule has 25 heavy (non-hydrogen) atoms. The zero-order valence-corrected chi connectivity index (χ0v) is 13.7. The number of fused-ring (bicyclic) bond motifs is 2. The molecular formula is C19H18N4O2. The fourth-order valence-corrected chi connectivity index (χ4v) is 3.23. The summed E-state index contributed by atoms with van der Waals surface area (Å²) in [5.74, 6) is -0.355. The maximum atomic E-state index is 12.6. The molecule has 2 N–H and O–H groups in total. The highest BCUT2D eigenvalue weighted by atomic mass is 16.2. The van der Waals surface area contributed by atoms with E-state index in [0.29, 0.717) is 12.1 Å². The Labute approximate surface area is 144 Å². The van der Waals surface area contributed by atoms with Gasteiger partial charge in [-0.25, -0.2) is 0 Å². The van der Waals surface area contributed by atoms with Crippen molar-refractivity contribution in [3.63, 3.8) is 0 Å². The van der Waals surface area contributed by atoms with E-state index in [4.69, 9.17) is 0 Å². The Morgan fingerprint density at radius 1 is 1.20 bits per heavy atom. The first kappa shape index (κ1) is 15.4. The van der Waals surface area contributed by atoms with Gasteiger partial charge in [0.2, 0.25) is 5.91 Å². The second kappa shape index (κ2) is 6.39. The minimum atomic E-state index is -0.262. The van der Waals surface area contributed by atoms with Crippen LogP contribution in [0.2, 0.25) is 0 Å². The fourth-order valence-electron chi connectivity index (χ4n) is 3.23. The smallest absolute Gasteiger partial charge is 0.251 e. The summed E-state index contributed by atoms with van der Waals surface area (Å²) in [6, 6.07) is 13.2. The van der Waals surface area contributed by atoms with Crippen molar-refractivity contribution in [3.8, 4) is 0 Å². The summed E-state index contributed by atoms with van der Waals surface area (Å²) in [5.41, 5.74) is 3.52. The number of aryl methyl sites for hydroxylation is 1. The van der Waals surface area contributed by atoms with E-state index < -0.39 is 0 Å². The van der Waals surface area contributed by atoms with Crippen LogP contribution >= 0.6 is 0 Å². The Bertz CT molecular complexity index is 947. The van der Waals surface area contributed by atoms with Crippen molar-refractivity contribution < 1.29 is 9.59 Å². The number of carbonyl (C=O) groups is 2. The summed E-state index contributed by atoms with van der Waals surface area (Å²) in [6.45, 7) is 0.670. The molecule has 6 heteroatoms. The Morgan fingerprint density at radius 2 is 2.08 bits per heavy atom. The summed E-state index contributed by atoms with van der Waals surface area (Å²) >= 11 is 0. The van der Waals surface area contributed by atoms with Crippen LogP contribution in [-0.4, -0.2) is 35.1 Å². The lowest BCUT2D eigenvalue weighted by molar-refractivity contribution is -0.117. The third kappa shape index (κ3) is 2.98. The molecular weight excluding hydrogens is 316 g/mol. The minimum absolute atomic E-state index is 0.0173. The van der Waals surface area contributed by atoms with Gasteiger partial charge in [-0.2, -0.15) is 5.10 Å². The number of aromatic nitrogens is 2. The molecule has 0 spiro atoms. The molecule has 2 aromatic carbocycles. The first-order valence-corrected chi connectivity index (χ1v) is 8.32. The second-order valence-electron chi connectivity index (χ2n) is 6.13. The third-order valence-electron chi connectivity index (χ3n) is 4.51. The summed E-state index contributed by atoms with van der Waals surface area (Å²) in [4.78, 5) is 26.7. The highest BCUT2D eigenvalue weighted by Crippen LogP contribution is 2.26. The number of rotatable bonds is 3. The van der Waals surface area contributed by atoms with Gasteiger partial charge in [-0.05, 0) is 42.7 Å². The van der Waals surface area contributed by atoms with Crippen molar-refractivity contribution in [1.82, 2.24) is 15.5 Å². The zero-order valence-electron chi connectivity index (χ0n) is 13.7. The number of aromatic amines is 1. The van der Waals surface area contributed by atoms with Gasteiger partial charge in [0.25, 0.3) is 5.91 Å². The summed E-state index contributed by atoms with van der Waals surface area (Å²) in [7, 11) is 0. The van der Waals surface area contributed by atoms with E-state index in [1.807, 2.05) is 24.3 Å². The van der Waals surface area contributed by atoms with E-state index in [0.717, 1.165) is 29.4 Å². The van der Waals surface area contributed by atoms with E-state index in [1.165, 1.54) is 5.56 Å². The largest absolute Gasteiger partial charge is 0.343 e. The lowest BCUT2D eigenvalue weighted by Crippen LogP contribution is -2.42. The Kier molecular flexibility index (Phi) is 3.93. The Balaban J connectivity index is 1.44. The number of H-pyrrole nitrogens is 1. The van der Waals surface area contributed by atoms with Crippen LogP contribution in [0, 0.1) is 0 Å². The van der Waals surface area contributed by atoms with Crippen molar-refractivity contribution in [3.05, 3.63) is 59.8 Å². The van der Waals surface area contributed by atoms with Gasteiger partial charge in [-0.15, -0.1) is 0 Å². The average Bonchev–Trinajstić information content (AvgIpc) is 3.13. The molecule has 1 aliphatic heterocycles. The number of hydrogen-bond donors (Lipinski definition) is 2. The molecule has 0 saturated heterocycles. The zero-order chi connectivity index (χ0) is 17.2. The number of carbonyl (C=O) groups excluding carboxylic acids is 2. The van der Waals surface area contributed by atoms with Crippen molar-refractivity contribution in [2.45, 2.75) is 12.8 Å². The predicted molar refractivity (Wildman–Crippen MR) is 95.5 cm³/mol. The van der Waals surface area contributed by atoms with Gasteiger partial charge in [0.1, 0.15) is 0 Å². The number of anilines is 1. The van der Waals surface area contributed by atoms with E-state index in [9.17, 15) is 9.59 Å². The van der Waals surface area contributed by atoms with E-state index in [-0.39, 0.29) is 18.4 Å². The van der Waals surface area contributed by atoms with Gasteiger partial charge in [-0.1, -0.05) is 18.2 Å². The minimum Gasteiger partial charge on any atom is -0.343 e. The highest BCUT2D eigenvalue weighted by molar-refractivity contribution is 6.02. The molecule has 2 amide bonds. The average molecular weight is 334 g/mol. The van der Waals surface area contributed by atoms with Crippen LogP contribution in [0.1, 0.15) is 22.3 Å². The molecule has 1 aromatic heterocycles. The second-order valence-corrected chi connectivity index (χ2v) is 6.13. The lowest BCUT2D eigenvalue weighted by atomic mass is 10.0. The molecule has 4 rings (SSSR count). The van der Waals surface area contributed by atoms with Crippen molar-refractivity contribution in [2.24, 2.45) is 0 Å². The molecule has 2 heterocycles. The highest BCUT2D eigenvalue weighted by Gasteiger charge is 2.22. The first-order chi connectivity index (χ1) is 12.2. The first-order valence-electron chi connectivity index (χ1n) is 8.32. The van der Waals surface area contributed by atoms with E-state index in [1.54, 1.807) is 29.3 Å². The topological polar surface area (TPSA) is 78.1 Å². The van der Waals surface area contributed by atoms with Crippen LogP contribution in [0.15, 0.2) is 48.7 Å². The normalized spacial score (nSPS) is 13.5. The van der Waals surface area contributed by atoms with Crippen LogP contribution in [0.25, 0.3) is 10.9 Å². The van der Waals surface area contributed by atoms with Crippen molar-refractivity contribution >= 4 is 28.4 Å². The number of para-hydroxylation sites is 1. The van der Waals surface area contributed by atoms with Crippen LogP contribution in [0.5, 0.6) is 0 Å². The van der Waals surface area contributed by atoms with E-state index in [2.05, 4.69) is 15.5 Å².